The van der Waals surface area contributed by atoms with Crippen molar-refractivity contribution >= 4 is 33.2 Å². The average Bonchev–Trinajstić information content (AvgIpc) is 3.38. The summed E-state index contributed by atoms with van der Waals surface area (Å²) in [7, 11) is -2.90. The zero-order valence-electron chi connectivity index (χ0n) is 21.4. The largest absolute Gasteiger partial charge is 0.495 e. The second-order valence-electron chi connectivity index (χ2n) is 9.16. The van der Waals surface area contributed by atoms with Crippen LogP contribution in [0, 0.1) is 15.9 Å². The molecule has 11 nitrogen and oxygen atoms in total. The number of nitrogens with one attached hydrogen (secondary N) is 1. The number of hydrogen-bond donors (Lipinski definition) is 1. The van der Waals surface area contributed by atoms with Crippen LogP contribution in [0.2, 0.25) is 0 Å². The van der Waals surface area contributed by atoms with Crippen molar-refractivity contribution in [2.75, 3.05) is 24.2 Å². The summed E-state index contributed by atoms with van der Waals surface area (Å²) in [5.41, 5.74) is -0.485. The molecule has 38 heavy (non-hydrogen) atoms. The van der Waals surface area contributed by atoms with Crippen molar-refractivity contribution in [2.24, 2.45) is 0 Å². The highest BCUT2D eigenvalue weighted by molar-refractivity contribution is 7.92. The van der Waals surface area contributed by atoms with E-state index in [-0.39, 0.29) is 29.6 Å². The zero-order chi connectivity index (χ0) is 28.0. The van der Waals surface area contributed by atoms with E-state index in [9.17, 15) is 32.5 Å². The van der Waals surface area contributed by atoms with Crippen LogP contribution >= 0.6 is 0 Å². The van der Waals surface area contributed by atoms with Gasteiger partial charge in [-0.3, -0.25) is 24.0 Å². The van der Waals surface area contributed by atoms with Gasteiger partial charge in [-0.2, -0.15) is 0 Å². The standard InChI is InChI=1S/C25H31FN4O7S/c1-17(25(32)27-19-9-5-6-10-19)28(15-18-8-4-7-11-21(18)26)24(31)16-29(38(3,35)36)22-14-20(30(33)34)12-13-23(22)37-2/h4,7-8,11-14,17,19H,5-6,9-10,15-16H2,1-3H3,(H,27,32)/t17-/m0/s1. The van der Waals surface area contributed by atoms with Gasteiger partial charge in [0, 0.05) is 30.3 Å². The number of non-ortho nitro benzene ring substituents is 1. The Morgan fingerprint density at radius 3 is 2.45 bits per heavy atom. The number of nitro groups is 1. The van der Waals surface area contributed by atoms with Gasteiger partial charge < -0.3 is 15.0 Å². The van der Waals surface area contributed by atoms with Gasteiger partial charge in [-0.25, -0.2) is 12.8 Å². The molecule has 3 rings (SSSR count). The number of benzene rings is 2. The predicted octanol–water partition coefficient (Wildman–Crippen LogP) is 2.98. The maximum atomic E-state index is 14.5. The summed E-state index contributed by atoms with van der Waals surface area (Å²) in [6.45, 7) is 0.391. The molecule has 0 spiro atoms. The van der Waals surface area contributed by atoms with E-state index in [1.807, 2.05) is 0 Å². The van der Waals surface area contributed by atoms with Gasteiger partial charge in [0.25, 0.3) is 5.69 Å². The summed E-state index contributed by atoms with van der Waals surface area (Å²) < 4.78 is 45.9. The van der Waals surface area contributed by atoms with Gasteiger partial charge in [0.15, 0.2) is 0 Å². The number of carbonyl (C=O) groups excluding carboxylic acids is 2. The summed E-state index contributed by atoms with van der Waals surface area (Å²) >= 11 is 0. The van der Waals surface area contributed by atoms with Crippen LogP contribution in [0.1, 0.15) is 38.2 Å². The Balaban J connectivity index is 1.98. The lowest BCUT2D eigenvalue weighted by Gasteiger charge is -2.32. The van der Waals surface area contributed by atoms with Crippen LogP contribution in [0.25, 0.3) is 0 Å². The number of sulfonamides is 1. The lowest BCUT2D eigenvalue weighted by atomic mass is 10.1. The molecule has 1 aliphatic rings. The fraction of sp³-hybridized carbons (Fsp3) is 0.440. The molecule has 1 aliphatic carbocycles. The number of anilines is 1. The van der Waals surface area contributed by atoms with Crippen LogP contribution in [0.4, 0.5) is 15.8 Å². The summed E-state index contributed by atoms with van der Waals surface area (Å²) in [6.07, 6.45) is 4.43. The summed E-state index contributed by atoms with van der Waals surface area (Å²) in [4.78, 5) is 38.4. The molecule has 0 heterocycles. The molecule has 1 fully saturated rings. The Kier molecular flexibility index (Phi) is 9.26. The normalized spacial score (nSPS) is 14.5. The molecule has 0 bridgehead atoms. The molecule has 0 saturated heterocycles. The third-order valence-electron chi connectivity index (χ3n) is 6.49. The Morgan fingerprint density at radius 1 is 1.21 bits per heavy atom. The summed E-state index contributed by atoms with van der Waals surface area (Å²) in [5.74, 6) is -1.85. The van der Waals surface area contributed by atoms with E-state index in [0.29, 0.717) is 4.31 Å². The second kappa shape index (κ2) is 12.2. The first kappa shape index (κ1) is 28.8. The number of methoxy groups -OCH3 is 1. The van der Waals surface area contributed by atoms with Crippen molar-refractivity contribution in [3.63, 3.8) is 0 Å². The number of carbonyl (C=O) groups is 2. The number of rotatable bonds is 11. The van der Waals surface area contributed by atoms with Crippen LogP contribution in [0.15, 0.2) is 42.5 Å². The molecule has 13 heteroatoms. The summed E-state index contributed by atoms with van der Waals surface area (Å²) in [5, 5.41) is 14.3. The Labute approximate surface area is 220 Å². The lowest BCUT2D eigenvalue weighted by molar-refractivity contribution is -0.384. The molecule has 1 atom stereocenters. The molecule has 206 valence electrons. The summed E-state index contributed by atoms with van der Waals surface area (Å²) in [6, 6.07) is 8.03. The smallest absolute Gasteiger partial charge is 0.271 e. The lowest BCUT2D eigenvalue weighted by Crippen LogP contribution is -2.52. The number of amides is 2. The first-order valence-corrected chi connectivity index (χ1v) is 13.9. The van der Waals surface area contributed by atoms with Crippen molar-refractivity contribution in [1.82, 2.24) is 10.2 Å². The van der Waals surface area contributed by atoms with Gasteiger partial charge in [0.1, 0.15) is 29.8 Å². The van der Waals surface area contributed by atoms with E-state index < -0.39 is 50.9 Å². The Morgan fingerprint density at radius 2 is 1.87 bits per heavy atom. The fourth-order valence-corrected chi connectivity index (χ4v) is 5.21. The van der Waals surface area contributed by atoms with Crippen LogP contribution in [0.5, 0.6) is 5.75 Å². The zero-order valence-corrected chi connectivity index (χ0v) is 22.2. The number of halogens is 1. The van der Waals surface area contributed by atoms with Crippen LogP contribution < -0.4 is 14.4 Å². The Bertz CT molecular complexity index is 1300. The number of nitro benzene ring substituents is 1. The molecule has 2 aromatic rings. The average molecular weight is 551 g/mol. The number of nitrogens with zero attached hydrogens (tertiary/aromatic N) is 3. The van der Waals surface area contributed by atoms with E-state index >= 15 is 0 Å². The molecule has 0 aromatic heterocycles. The molecule has 0 radical (unpaired) electrons. The minimum atomic E-state index is -4.16. The van der Waals surface area contributed by atoms with Crippen molar-refractivity contribution in [3.05, 3.63) is 64.0 Å². The molecule has 0 unspecified atom stereocenters. The van der Waals surface area contributed by atoms with Crippen molar-refractivity contribution in [3.8, 4) is 5.75 Å². The molecule has 0 aliphatic heterocycles. The molecule has 2 amide bonds. The minimum Gasteiger partial charge on any atom is -0.495 e. The number of hydrogen-bond acceptors (Lipinski definition) is 7. The quantitative estimate of drug-likeness (QED) is 0.335. The van der Waals surface area contributed by atoms with Gasteiger partial charge >= 0.3 is 0 Å². The molecular weight excluding hydrogens is 519 g/mol. The van der Waals surface area contributed by atoms with Crippen molar-refractivity contribution in [2.45, 2.75) is 51.2 Å². The van der Waals surface area contributed by atoms with Crippen molar-refractivity contribution in [1.29, 1.82) is 0 Å². The van der Waals surface area contributed by atoms with E-state index in [1.165, 1.54) is 38.3 Å². The molecular formula is C25H31FN4O7S. The first-order valence-electron chi connectivity index (χ1n) is 12.1. The topological polar surface area (TPSA) is 139 Å². The molecule has 2 aromatic carbocycles. The predicted molar refractivity (Wildman–Crippen MR) is 139 cm³/mol. The van der Waals surface area contributed by atoms with Gasteiger partial charge in [0.2, 0.25) is 21.8 Å². The van der Waals surface area contributed by atoms with Crippen molar-refractivity contribution < 1.29 is 32.1 Å². The monoisotopic (exact) mass is 550 g/mol. The molecule has 1 N–H and O–H groups in total. The third kappa shape index (κ3) is 6.97. The minimum absolute atomic E-state index is 0.0125. The first-order chi connectivity index (χ1) is 17.9. The van der Waals surface area contributed by atoms with E-state index in [4.69, 9.17) is 4.74 Å². The van der Waals surface area contributed by atoms with Crippen LogP contribution in [-0.2, 0) is 26.2 Å². The second-order valence-corrected chi connectivity index (χ2v) is 11.1. The Hall–Kier alpha value is -3.74. The van der Waals surface area contributed by atoms with Gasteiger partial charge in [-0.15, -0.1) is 0 Å². The maximum absolute atomic E-state index is 14.5. The third-order valence-corrected chi connectivity index (χ3v) is 7.61. The SMILES string of the molecule is COc1ccc([N+](=O)[O-])cc1N(CC(=O)N(Cc1ccccc1F)[C@@H](C)C(=O)NC1CCCC1)S(C)(=O)=O. The highest BCUT2D eigenvalue weighted by atomic mass is 32.2. The van der Waals surface area contributed by atoms with Crippen LogP contribution in [0.3, 0.4) is 0 Å². The number of ether oxygens (including phenoxy) is 1. The maximum Gasteiger partial charge on any atom is 0.271 e. The fourth-order valence-electron chi connectivity index (χ4n) is 4.37. The van der Waals surface area contributed by atoms with E-state index in [2.05, 4.69) is 5.32 Å². The van der Waals surface area contributed by atoms with E-state index in [0.717, 1.165) is 49.0 Å². The van der Waals surface area contributed by atoms with Gasteiger partial charge in [-0.1, -0.05) is 31.0 Å². The van der Waals surface area contributed by atoms with Crippen LogP contribution in [-0.4, -0.2) is 62.0 Å². The van der Waals surface area contributed by atoms with Gasteiger partial charge in [0.05, 0.1) is 18.3 Å². The van der Waals surface area contributed by atoms with E-state index in [1.54, 1.807) is 6.07 Å². The highest BCUT2D eigenvalue weighted by Crippen LogP contribution is 2.34. The van der Waals surface area contributed by atoms with Gasteiger partial charge in [-0.05, 0) is 31.9 Å². The highest BCUT2D eigenvalue weighted by Gasteiger charge is 2.33. The molecule has 1 saturated carbocycles.